The molecule has 0 amide bonds. The highest BCUT2D eigenvalue weighted by Gasteiger charge is 2.54. The standard InChI is InChI=1S/C12H24N4O5/c13-9-7-6-3(1-4(15-7)11(17)18)2-5(12(19)20)16-8(6)10(14)21-9/h3-12,15-20H,1-2,13-14H2. The van der Waals surface area contributed by atoms with Crippen LogP contribution in [0.25, 0.3) is 0 Å². The van der Waals surface area contributed by atoms with E-state index in [0.29, 0.717) is 12.8 Å². The summed E-state index contributed by atoms with van der Waals surface area (Å²) in [5, 5.41) is 44.1. The lowest BCUT2D eigenvalue weighted by atomic mass is 9.66. The average molecular weight is 304 g/mol. The summed E-state index contributed by atoms with van der Waals surface area (Å²) in [7, 11) is 0. The lowest BCUT2D eigenvalue weighted by Gasteiger charge is -2.57. The van der Waals surface area contributed by atoms with Gasteiger partial charge in [-0.25, -0.2) is 0 Å². The molecule has 0 saturated carbocycles. The maximum atomic E-state index is 9.45. The zero-order chi connectivity index (χ0) is 15.3. The molecule has 3 rings (SSSR count). The molecule has 6 atom stereocenters. The Kier molecular flexibility index (Phi) is 4.21. The minimum atomic E-state index is -1.50. The van der Waals surface area contributed by atoms with Crippen molar-refractivity contribution in [2.24, 2.45) is 23.3 Å². The van der Waals surface area contributed by atoms with E-state index in [4.69, 9.17) is 16.2 Å². The van der Waals surface area contributed by atoms with Gasteiger partial charge in [0.25, 0.3) is 0 Å². The predicted molar refractivity (Wildman–Crippen MR) is 71.1 cm³/mol. The van der Waals surface area contributed by atoms with Crippen molar-refractivity contribution in [1.82, 2.24) is 10.6 Å². The molecule has 3 aliphatic heterocycles. The van der Waals surface area contributed by atoms with Gasteiger partial charge >= 0.3 is 0 Å². The maximum absolute atomic E-state index is 9.45. The fourth-order valence-corrected chi connectivity index (χ4v) is 4.12. The number of hydrogen-bond acceptors (Lipinski definition) is 9. The molecule has 0 aromatic heterocycles. The summed E-state index contributed by atoms with van der Waals surface area (Å²) in [5.41, 5.74) is 12.0. The van der Waals surface area contributed by atoms with Crippen LogP contribution >= 0.6 is 0 Å². The Morgan fingerprint density at radius 1 is 0.857 bits per heavy atom. The van der Waals surface area contributed by atoms with E-state index < -0.39 is 37.1 Å². The van der Waals surface area contributed by atoms with Gasteiger partial charge in [-0.1, -0.05) is 0 Å². The smallest absolute Gasteiger partial charge is 0.167 e. The van der Waals surface area contributed by atoms with E-state index in [1.807, 2.05) is 0 Å². The van der Waals surface area contributed by atoms with E-state index >= 15 is 0 Å². The zero-order valence-electron chi connectivity index (χ0n) is 11.5. The van der Waals surface area contributed by atoms with E-state index in [1.54, 1.807) is 0 Å². The summed E-state index contributed by atoms with van der Waals surface area (Å²) in [6, 6.07) is -1.56. The second-order valence-electron chi connectivity index (χ2n) is 6.30. The molecule has 0 spiro atoms. The SMILES string of the molecule is NC1OC(N)C2NC(C(O)O)CC3CC(C(O)O)NC1C32. The fourth-order valence-electron chi connectivity index (χ4n) is 4.12. The molecule has 6 unspecified atom stereocenters. The molecule has 0 aromatic carbocycles. The van der Waals surface area contributed by atoms with E-state index in [9.17, 15) is 20.4 Å². The highest BCUT2D eigenvalue weighted by molar-refractivity contribution is 5.08. The molecule has 3 aliphatic rings. The minimum absolute atomic E-state index is 0.0498. The van der Waals surface area contributed by atoms with Crippen molar-refractivity contribution in [3.63, 3.8) is 0 Å². The number of nitrogens with two attached hydrogens (primary N) is 2. The van der Waals surface area contributed by atoms with Crippen LogP contribution < -0.4 is 22.1 Å². The second kappa shape index (κ2) is 5.69. The lowest BCUT2D eigenvalue weighted by Crippen LogP contribution is -2.76. The van der Waals surface area contributed by atoms with Crippen molar-refractivity contribution in [2.45, 2.75) is 62.0 Å². The van der Waals surface area contributed by atoms with Gasteiger partial charge in [-0.15, -0.1) is 0 Å². The summed E-state index contributed by atoms with van der Waals surface area (Å²) >= 11 is 0. The summed E-state index contributed by atoms with van der Waals surface area (Å²) in [6.45, 7) is 0. The van der Waals surface area contributed by atoms with Crippen LogP contribution in [0.4, 0.5) is 0 Å². The van der Waals surface area contributed by atoms with Gasteiger partial charge in [-0.2, -0.15) is 0 Å². The first-order valence-electron chi connectivity index (χ1n) is 7.29. The Morgan fingerprint density at radius 3 is 1.67 bits per heavy atom. The molecule has 122 valence electrons. The van der Waals surface area contributed by atoms with Crippen LogP contribution in [0.15, 0.2) is 0 Å². The highest BCUT2D eigenvalue weighted by Crippen LogP contribution is 2.41. The molecule has 3 heterocycles. The molecular weight excluding hydrogens is 280 g/mol. The van der Waals surface area contributed by atoms with E-state index in [2.05, 4.69) is 10.6 Å². The van der Waals surface area contributed by atoms with E-state index in [0.717, 1.165) is 0 Å². The number of hydrogen-bond donors (Lipinski definition) is 8. The summed E-state index contributed by atoms with van der Waals surface area (Å²) in [4.78, 5) is 0. The molecule has 9 heteroatoms. The van der Waals surface area contributed by atoms with Gasteiger partial charge in [0, 0.05) is 5.92 Å². The summed E-state index contributed by atoms with van der Waals surface area (Å²) < 4.78 is 5.50. The third-order valence-electron chi connectivity index (χ3n) is 5.04. The van der Waals surface area contributed by atoms with Crippen LogP contribution in [0.1, 0.15) is 12.8 Å². The van der Waals surface area contributed by atoms with Crippen LogP contribution in [0.3, 0.4) is 0 Å². The second-order valence-corrected chi connectivity index (χ2v) is 6.30. The Bertz CT molecular complexity index is 353. The summed E-state index contributed by atoms with van der Waals surface area (Å²) in [6.07, 6.45) is -3.25. The molecule has 0 aromatic rings. The van der Waals surface area contributed by atoms with Crippen molar-refractivity contribution in [1.29, 1.82) is 0 Å². The normalized spacial score (nSPS) is 50.3. The van der Waals surface area contributed by atoms with Crippen LogP contribution in [-0.2, 0) is 4.74 Å². The molecule has 0 aliphatic carbocycles. The maximum Gasteiger partial charge on any atom is 0.167 e. The lowest BCUT2D eigenvalue weighted by molar-refractivity contribution is -0.181. The average Bonchev–Trinajstić information content (AvgIpc) is 2.43. The quantitative estimate of drug-likeness (QED) is 0.237. The minimum Gasteiger partial charge on any atom is -0.367 e. The first-order valence-corrected chi connectivity index (χ1v) is 7.29. The molecular formula is C12H24N4O5. The van der Waals surface area contributed by atoms with Crippen molar-refractivity contribution >= 4 is 0 Å². The van der Waals surface area contributed by atoms with Crippen LogP contribution in [0.2, 0.25) is 0 Å². The predicted octanol–water partition coefficient (Wildman–Crippen LogP) is -4.10. The number of ether oxygens (including phenoxy) is 1. The van der Waals surface area contributed by atoms with Crippen LogP contribution in [-0.4, -0.2) is 69.6 Å². The first kappa shape index (κ1) is 15.5. The molecule has 10 N–H and O–H groups in total. The number of piperidine rings is 2. The Hall–Kier alpha value is -0.360. The monoisotopic (exact) mass is 304 g/mol. The van der Waals surface area contributed by atoms with Gasteiger partial charge in [0.05, 0.1) is 24.2 Å². The van der Waals surface area contributed by atoms with Gasteiger partial charge in [0.1, 0.15) is 12.5 Å². The highest BCUT2D eigenvalue weighted by atomic mass is 16.5. The van der Waals surface area contributed by atoms with Crippen molar-refractivity contribution in [2.75, 3.05) is 0 Å². The fraction of sp³-hybridized carbons (Fsp3) is 1.00. The molecule has 0 radical (unpaired) electrons. The number of nitrogens with one attached hydrogen (secondary N) is 2. The van der Waals surface area contributed by atoms with Gasteiger partial charge in [-0.05, 0) is 18.8 Å². The van der Waals surface area contributed by atoms with Gasteiger partial charge in [0.15, 0.2) is 12.6 Å². The molecule has 21 heavy (non-hydrogen) atoms. The summed E-state index contributed by atoms with van der Waals surface area (Å²) in [5.74, 6) is 0.107. The number of rotatable bonds is 2. The zero-order valence-corrected chi connectivity index (χ0v) is 11.5. The van der Waals surface area contributed by atoms with E-state index in [1.165, 1.54) is 0 Å². The topological polar surface area (TPSA) is 166 Å². The largest absolute Gasteiger partial charge is 0.367 e. The Balaban J connectivity index is 1.86. The van der Waals surface area contributed by atoms with Gasteiger partial charge in [-0.3, -0.25) is 0 Å². The third kappa shape index (κ3) is 2.69. The van der Waals surface area contributed by atoms with Gasteiger partial charge < -0.3 is 47.3 Å². The van der Waals surface area contributed by atoms with Gasteiger partial charge in [0.2, 0.25) is 0 Å². The van der Waals surface area contributed by atoms with Crippen LogP contribution in [0, 0.1) is 11.8 Å². The Morgan fingerprint density at radius 2 is 1.29 bits per heavy atom. The van der Waals surface area contributed by atoms with Crippen molar-refractivity contribution < 1.29 is 25.2 Å². The molecule has 3 fully saturated rings. The molecule has 0 bridgehead atoms. The number of aliphatic hydroxyl groups is 4. The Labute approximate surface area is 122 Å². The first-order chi connectivity index (χ1) is 9.88. The van der Waals surface area contributed by atoms with Crippen LogP contribution in [0.5, 0.6) is 0 Å². The molecule has 9 nitrogen and oxygen atoms in total. The van der Waals surface area contributed by atoms with Crippen molar-refractivity contribution in [3.8, 4) is 0 Å². The van der Waals surface area contributed by atoms with E-state index in [-0.39, 0.29) is 23.9 Å². The third-order valence-corrected chi connectivity index (χ3v) is 5.04. The molecule has 3 saturated heterocycles. The van der Waals surface area contributed by atoms with Crippen molar-refractivity contribution in [3.05, 3.63) is 0 Å². The number of aliphatic hydroxyl groups excluding tert-OH is 2.